The lowest BCUT2D eigenvalue weighted by Gasteiger charge is -2.42. The van der Waals surface area contributed by atoms with E-state index >= 15 is 0 Å². The van der Waals surface area contributed by atoms with Crippen LogP contribution in [0.4, 0.5) is 30.7 Å². The molecule has 0 N–H and O–H groups in total. The first kappa shape index (κ1) is 29.7. The molecular formula is C27H29F7O5. The van der Waals surface area contributed by atoms with Gasteiger partial charge in [-0.25, -0.2) is 4.39 Å². The van der Waals surface area contributed by atoms with Gasteiger partial charge in [-0.15, -0.1) is 0 Å². The van der Waals surface area contributed by atoms with Crippen molar-refractivity contribution in [1.82, 2.24) is 0 Å². The predicted molar refractivity (Wildman–Crippen MR) is 124 cm³/mol. The lowest BCUT2D eigenvalue weighted by atomic mass is 9.96. The minimum absolute atomic E-state index is 0.0197. The van der Waals surface area contributed by atoms with Gasteiger partial charge in [0.25, 0.3) is 0 Å². The average molecular weight is 567 g/mol. The van der Waals surface area contributed by atoms with E-state index in [-0.39, 0.29) is 18.2 Å². The fraction of sp³-hybridized carbons (Fsp3) is 0.556. The molecule has 2 fully saturated rings. The number of benzene rings is 2. The zero-order chi connectivity index (χ0) is 28.8. The summed E-state index contributed by atoms with van der Waals surface area (Å²) in [6.07, 6.45) is -14.8. The molecular weight excluding hydrogens is 537 g/mol. The number of hydrogen-bond acceptors (Lipinski definition) is 5. The molecule has 0 amide bonds. The predicted octanol–water partition coefficient (Wildman–Crippen LogP) is 7.18. The van der Waals surface area contributed by atoms with Crippen molar-refractivity contribution in [3.05, 3.63) is 70.5 Å². The molecule has 6 atom stereocenters. The molecule has 2 saturated heterocycles. The van der Waals surface area contributed by atoms with Crippen molar-refractivity contribution in [3.63, 3.8) is 0 Å². The monoisotopic (exact) mass is 566 g/mol. The number of rotatable bonds is 7. The van der Waals surface area contributed by atoms with E-state index < -0.39 is 71.9 Å². The first-order valence-corrected chi connectivity index (χ1v) is 12.4. The van der Waals surface area contributed by atoms with Crippen molar-refractivity contribution in [1.29, 1.82) is 0 Å². The second-order valence-corrected chi connectivity index (χ2v) is 10.0. The van der Waals surface area contributed by atoms with E-state index in [9.17, 15) is 30.7 Å². The van der Waals surface area contributed by atoms with Gasteiger partial charge in [-0.1, -0.05) is 19.1 Å². The van der Waals surface area contributed by atoms with Gasteiger partial charge >= 0.3 is 12.4 Å². The normalized spacial score (nSPS) is 27.8. The second kappa shape index (κ2) is 11.0. The van der Waals surface area contributed by atoms with E-state index in [2.05, 4.69) is 0 Å². The highest BCUT2D eigenvalue weighted by molar-refractivity contribution is 5.34. The number of alkyl halides is 6. The van der Waals surface area contributed by atoms with Gasteiger partial charge in [0.1, 0.15) is 24.1 Å². The van der Waals surface area contributed by atoms with E-state index in [0.717, 1.165) is 0 Å². The van der Waals surface area contributed by atoms with Crippen LogP contribution >= 0.6 is 0 Å². The van der Waals surface area contributed by atoms with Crippen molar-refractivity contribution < 1.29 is 54.4 Å². The Kier molecular flexibility index (Phi) is 8.36. The lowest BCUT2D eigenvalue weighted by Crippen LogP contribution is -2.57. The molecule has 39 heavy (non-hydrogen) atoms. The average Bonchev–Trinajstić information content (AvgIpc) is 3.17. The molecule has 0 aliphatic carbocycles. The van der Waals surface area contributed by atoms with Crippen LogP contribution in [-0.4, -0.2) is 36.5 Å². The molecule has 2 aliphatic heterocycles. The van der Waals surface area contributed by atoms with Crippen LogP contribution in [0.1, 0.15) is 62.5 Å². The highest BCUT2D eigenvalue weighted by Crippen LogP contribution is 2.42. The minimum atomic E-state index is -5.00. The maximum Gasteiger partial charge on any atom is 0.416 e. The topological polar surface area (TPSA) is 46.2 Å². The summed E-state index contributed by atoms with van der Waals surface area (Å²) in [6, 6.07) is 6.84. The molecule has 0 saturated carbocycles. The van der Waals surface area contributed by atoms with Gasteiger partial charge in [0.05, 0.1) is 29.9 Å². The Balaban J connectivity index is 1.64. The fourth-order valence-corrected chi connectivity index (χ4v) is 4.72. The van der Waals surface area contributed by atoms with Crippen LogP contribution in [0, 0.1) is 5.82 Å². The van der Waals surface area contributed by atoms with Crippen LogP contribution in [-0.2, 0) is 42.6 Å². The molecule has 4 rings (SSSR count). The Bertz CT molecular complexity index is 1100. The Morgan fingerprint density at radius 3 is 2.00 bits per heavy atom. The van der Waals surface area contributed by atoms with Crippen LogP contribution in [0.15, 0.2) is 42.5 Å². The third-order valence-electron chi connectivity index (χ3n) is 6.61. The maximum absolute atomic E-state index is 13.4. The molecule has 12 heteroatoms. The molecule has 2 heterocycles. The van der Waals surface area contributed by atoms with Gasteiger partial charge in [0, 0.05) is 0 Å². The number of ether oxygens (including phenoxy) is 5. The molecule has 0 aromatic heterocycles. The highest BCUT2D eigenvalue weighted by atomic mass is 19.4. The van der Waals surface area contributed by atoms with Gasteiger partial charge in [-0.3, -0.25) is 0 Å². The highest BCUT2D eigenvalue weighted by Gasteiger charge is 2.56. The van der Waals surface area contributed by atoms with Crippen molar-refractivity contribution in [2.24, 2.45) is 0 Å². The summed E-state index contributed by atoms with van der Waals surface area (Å²) in [5.74, 6) is -1.44. The Labute approximate surface area is 221 Å². The lowest BCUT2D eigenvalue weighted by molar-refractivity contribution is -0.301. The SMILES string of the molecule is CC[C@H]1O[C@H](O[C@H](C)c2cc(C(F)(F)F)cc(C(F)(F)F)c2)[C@H](OCc2ccc(F)cc2)[C@H]2OC(C)(C)O[C@H]21. The molecule has 2 aromatic rings. The maximum atomic E-state index is 13.4. The Hall–Kier alpha value is -2.25. The summed E-state index contributed by atoms with van der Waals surface area (Å²) in [4.78, 5) is 0. The van der Waals surface area contributed by atoms with E-state index in [1.165, 1.54) is 31.2 Å². The van der Waals surface area contributed by atoms with Crippen molar-refractivity contribution >= 4 is 0 Å². The van der Waals surface area contributed by atoms with E-state index in [1.807, 2.05) is 6.92 Å². The molecule has 0 unspecified atom stereocenters. The zero-order valence-corrected chi connectivity index (χ0v) is 21.6. The third-order valence-corrected chi connectivity index (χ3v) is 6.61. The summed E-state index contributed by atoms with van der Waals surface area (Å²) in [5.41, 5.74) is -2.62. The summed E-state index contributed by atoms with van der Waals surface area (Å²) < 4.78 is 124. The molecule has 216 valence electrons. The Morgan fingerprint density at radius 2 is 1.46 bits per heavy atom. The summed E-state index contributed by atoms with van der Waals surface area (Å²) >= 11 is 0. The van der Waals surface area contributed by atoms with Crippen LogP contribution < -0.4 is 0 Å². The van der Waals surface area contributed by atoms with Crippen molar-refractivity contribution in [2.45, 2.75) is 95.7 Å². The number of fused-ring (bicyclic) bond motifs is 1. The van der Waals surface area contributed by atoms with Gasteiger partial charge in [0.2, 0.25) is 0 Å². The molecule has 5 nitrogen and oxygen atoms in total. The molecule has 2 aromatic carbocycles. The smallest absolute Gasteiger partial charge is 0.365 e. The quantitative estimate of drug-likeness (QED) is 0.332. The fourth-order valence-electron chi connectivity index (χ4n) is 4.72. The van der Waals surface area contributed by atoms with Crippen molar-refractivity contribution in [3.8, 4) is 0 Å². The van der Waals surface area contributed by atoms with Gasteiger partial charge in [0.15, 0.2) is 12.1 Å². The van der Waals surface area contributed by atoms with Crippen LogP contribution in [0.3, 0.4) is 0 Å². The molecule has 0 bridgehead atoms. The van der Waals surface area contributed by atoms with E-state index in [1.54, 1.807) is 13.8 Å². The standard InChI is InChI=1S/C27H29F7O5/c1-5-20-21-22(39-25(3,4)38-21)23(35-13-15-6-8-19(28)9-7-15)24(37-20)36-14(2)16-10-17(26(29,30)31)12-18(11-16)27(32,33)34/h6-12,14,20-24H,5,13H2,1-4H3/t14-,20-,21+,22+,23-,24+/m1/s1. The summed E-state index contributed by atoms with van der Waals surface area (Å²) in [6.45, 7) is 6.55. The molecule has 0 radical (unpaired) electrons. The molecule has 0 spiro atoms. The largest absolute Gasteiger partial charge is 0.416 e. The second-order valence-electron chi connectivity index (χ2n) is 10.0. The van der Waals surface area contributed by atoms with Crippen LogP contribution in [0.25, 0.3) is 0 Å². The van der Waals surface area contributed by atoms with E-state index in [0.29, 0.717) is 24.1 Å². The Morgan fingerprint density at radius 1 is 0.897 bits per heavy atom. The van der Waals surface area contributed by atoms with Crippen molar-refractivity contribution in [2.75, 3.05) is 0 Å². The third kappa shape index (κ3) is 6.91. The summed E-state index contributed by atoms with van der Waals surface area (Å²) in [7, 11) is 0. The van der Waals surface area contributed by atoms with Gasteiger partial charge in [-0.05, 0) is 68.7 Å². The number of hydrogen-bond donors (Lipinski definition) is 0. The zero-order valence-electron chi connectivity index (χ0n) is 21.6. The molecule has 2 aliphatic rings. The van der Waals surface area contributed by atoms with Gasteiger partial charge < -0.3 is 23.7 Å². The van der Waals surface area contributed by atoms with E-state index in [4.69, 9.17) is 23.7 Å². The van der Waals surface area contributed by atoms with Crippen LogP contribution in [0.5, 0.6) is 0 Å². The first-order valence-electron chi connectivity index (χ1n) is 12.4. The van der Waals surface area contributed by atoms with Crippen LogP contribution in [0.2, 0.25) is 0 Å². The summed E-state index contributed by atoms with van der Waals surface area (Å²) in [5, 5.41) is 0. The number of halogens is 7. The minimum Gasteiger partial charge on any atom is -0.365 e. The van der Waals surface area contributed by atoms with Gasteiger partial charge in [-0.2, -0.15) is 26.3 Å². The first-order chi connectivity index (χ1) is 18.1.